The molecule has 0 unspecified atom stereocenters. The summed E-state index contributed by atoms with van der Waals surface area (Å²) in [5.74, 6) is -0.177. The van der Waals surface area contributed by atoms with E-state index in [9.17, 15) is 4.79 Å². The number of nitrogens with zero attached hydrogens (tertiary/aromatic N) is 3. The van der Waals surface area contributed by atoms with Crippen LogP contribution in [0.5, 0.6) is 0 Å². The molecule has 0 bridgehead atoms. The van der Waals surface area contributed by atoms with E-state index in [0.29, 0.717) is 34.2 Å². The minimum atomic E-state index is -0.177. The van der Waals surface area contributed by atoms with Crippen molar-refractivity contribution in [3.8, 4) is 0 Å². The highest BCUT2D eigenvalue weighted by Crippen LogP contribution is 2.21. The normalized spacial score (nSPS) is 10.9. The maximum absolute atomic E-state index is 12.0. The Morgan fingerprint density at radius 2 is 2.09 bits per heavy atom. The molecule has 1 N–H and O–H groups in total. The third-order valence-corrected chi connectivity index (χ3v) is 4.08. The van der Waals surface area contributed by atoms with Crippen LogP contribution in [0, 0.1) is 0 Å². The number of amides is 1. The van der Waals surface area contributed by atoms with Crippen molar-refractivity contribution in [2.24, 2.45) is 0 Å². The first kappa shape index (κ1) is 16.2. The molecular weight excluding hydrogens is 403 g/mol. The van der Waals surface area contributed by atoms with Gasteiger partial charge in [0.2, 0.25) is 0 Å². The topological polar surface area (TPSA) is 59.3 Å². The molecular formula is C15H11BrCl2N4O. The van der Waals surface area contributed by atoms with Gasteiger partial charge in [-0.1, -0.05) is 23.2 Å². The minimum Gasteiger partial charge on any atom is -0.352 e. The average molecular weight is 414 g/mol. The summed E-state index contributed by atoms with van der Waals surface area (Å²) in [6.45, 7) is 0.459. The van der Waals surface area contributed by atoms with Gasteiger partial charge in [-0.2, -0.15) is 0 Å². The summed E-state index contributed by atoms with van der Waals surface area (Å²) in [7, 11) is 0. The van der Waals surface area contributed by atoms with Crippen LogP contribution >= 0.6 is 39.1 Å². The number of hydrogen-bond acceptors (Lipinski definition) is 3. The number of aromatic nitrogens is 3. The Bertz CT molecular complexity index is 881. The van der Waals surface area contributed by atoms with Gasteiger partial charge in [-0.3, -0.25) is 9.78 Å². The first-order valence-electron chi connectivity index (χ1n) is 6.74. The Morgan fingerprint density at radius 3 is 2.87 bits per heavy atom. The van der Waals surface area contributed by atoms with Gasteiger partial charge in [-0.15, -0.1) is 0 Å². The number of fused-ring (bicyclic) bond motifs is 1. The van der Waals surface area contributed by atoms with E-state index in [1.54, 1.807) is 28.9 Å². The summed E-state index contributed by atoms with van der Waals surface area (Å²) >= 11 is 15.4. The minimum absolute atomic E-state index is 0.177. The van der Waals surface area contributed by atoms with Gasteiger partial charge in [0.15, 0.2) is 5.65 Å². The molecule has 0 fully saturated rings. The van der Waals surface area contributed by atoms with Crippen LogP contribution < -0.4 is 5.32 Å². The van der Waals surface area contributed by atoms with Gasteiger partial charge >= 0.3 is 0 Å². The summed E-state index contributed by atoms with van der Waals surface area (Å²) in [5.41, 5.74) is 1.97. The van der Waals surface area contributed by atoms with Gasteiger partial charge in [0, 0.05) is 42.2 Å². The smallest absolute Gasteiger partial charge is 0.252 e. The third kappa shape index (κ3) is 3.83. The second-order valence-electron chi connectivity index (χ2n) is 4.87. The lowest BCUT2D eigenvalue weighted by Crippen LogP contribution is -2.25. The number of halogens is 3. The monoisotopic (exact) mass is 412 g/mol. The fourth-order valence-corrected chi connectivity index (χ4v) is 3.03. The molecule has 1 amide bonds. The molecule has 3 rings (SSSR count). The molecule has 3 aromatic heterocycles. The number of nitrogens with one attached hydrogen (secondary N) is 1. The van der Waals surface area contributed by atoms with Crippen molar-refractivity contribution < 1.29 is 4.79 Å². The maximum Gasteiger partial charge on any atom is 0.252 e. The van der Waals surface area contributed by atoms with Crippen molar-refractivity contribution in [1.29, 1.82) is 0 Å². The van der Waals surface area contributed by atoms with Crippen LogP contribution in [0.4, 0.5) is 0 Å². The van der Waals surface area contributed by atoms with Crippen LogP contribution in [0.1, 0.15) is 16.1 Å². The van der Waals surface area contributed by atoms with Crippen molar-refractivity contribution in [3.05, 3.63) is 62.7 Å². The lowest BCUT2D eigenvalue weighted by atomic mass is 10.2. The zero-order valence-corrected chi connectivity index (χ0v) is 14.9. The highest BCUT2D eigenvalue weighted by Gasteiger charge is 2.09. The van der Waals surface area contributed by atoms with Crippen molar-refractivity contribution in [3.63, 3.8) is 0 Å². The number of rotatable bonds is 4. The largest absolute Gasteiger partial charge is 0.352 e. The summed E-state index contributed by atoms with van der Waals surface area (Å²) in [6, 6.07) is 3.37. The quantitative estimate of drug-likeness (QED) is 0.708. The van der Waals surface area contributed by atoms with Crippen LogP contribution in [0.3, 0.4) is 0 Å². The summed E-state index contributed by atoms with van der Waals surface area (Å²) in [5, 5.41) is 3.87. The van der Waals surface area contributed by atoms with Gasteiger partial charge in [-0.25, -0.2) is 4.98 Å². The van der Waals surface area contributed by atoms with Gasteiger partial charge in [0.25, 0.3) is 5.91 Å². The second kappa shape index (κ2) is 6.86. The van der Waals surface area contributed by atoms with Crippen LogP contribution in [-0.2, 0) is 6.42 Å². The van der Waals surface area contributed by atoms with E-state index in [1.165, 1.54) is 6.20 Å². The molecule has 3 aromatic rings. The summed E-state index contributed by atoms with van der Waals surface area (Å²) in [4.78, 5) is 20.4. The molecule has 23 heavy (non-hydrogen) atoms. The fraction of sp³-hybridized carbons (Fsp3) is 0.133. The summed E-state index contributed by atoms with van der Waals surface area (Å²) in [6.07, 6.45) is 7.32. The maximum atomic E-state index is 12.0. The number of pyridine rings is 2. The highest BCUT2D eigenvalue weighted by atomic mass is 79.9. The zero-order valence-electron chi connectivity index (χ0n) is 11.8. The average Bonchev–Trinajstić information content (AvgIpc) is 2.90. The Hall–Kier alpha value is -1.63. The number of carbonyl (C=O) groups is 1. The molecule has 0 aliphatic rings. The Morgan fingerprint density at radius 1 is 1.26 bits per heavy atom. The fourth-order valence-electron chi connectivity index (χ4n) is 2.14. The van der Waals surface area contributed by atoms with Gasteiger partial charge in [-0.05, 0) is 28.1 Å². The summed E-state index contributed by atoms with van der Waals surface area (Å²) < 4.78 is 2.54. The molecule has 0 aliphatic heterocycles. The number of imidazole rings is 1. The molecule has 0 spiro atoms. The molecule has 118 valence electrons. The Kier molecular flexibility index (Phi) is 4.84. The third-order valence-electron chi connectivity index (χ3n) is 3.16. The van der Waals surface area contributed by atoms with E-state index in [-0.39, 0.29) is 5.91 Å². The van der Waals surface area contributed by atoms with E-state index in [2.05, 4.69) is 31.2 Å². The molecule has 0 aromatic carbocycles. The predicted octanol–water partition coefficient (Wildman–Crippen LogP) is 3.77. The van der Waals surface area contributed by atoms with Crippen LogP contribution in [0.15, 0.2) is 41.4 Å². The number of hydrogen-bond donors (Lipinski definition) is 1. The van der Waals surface area contributed by atoms with Crippen LogP contribution in [0.2, 0.25) is 10.0 Å². The molecule has 3 heterocycles. The standard InChI is InChI=1S/C15H11BrCl2N4O/c16-10-3-9(5-19-6-10)15(23)20-2-1-12-8-22-7-11(17)4-13(18)14(22)21-12/h3-8H,1-2H2,(H,20,23). The zero-order chi connectivity index (χ0) is 16.4. The first-order chi connectivity index (χ1) is 11.0. The van der Waals surface area contributed by atoms with E-state index in [4.69, 9.17) is 23.2 Å². The predicted molar refractivity (Wildman–Crippen MR) is 93.2 cm³/mol. The van der Waals surface area contributed by atoms with E-state index in [0.717, 1.165) is 10.2 Å². The lowest BCUT2D eigenvalue weighted by Gasteiger charge is -2.03. The molecule has 0 saturated heterocycles. The van der Waals surface area contributed by atoms with Crippen molar-refractivity contribution in [2.75, 3.05) is 6.54 Å². The molecule has 0 aliphatic carbocycles. The van der Waals surface area contributed by atoms with E-state index >= 15 is 0 Å². The SMILES string of the molecule is O=C(NCCc1cn2cc(Cl)cc(Cl)c2n1)c1cncc(Br)c1. The van der Waals surface area contributed by atoms with Gasteiger partial charge in [0.05, 0.1) is 21.3 Å². The van der Waals surface area contributed by atoms with Crippen molar-refractivity contribution >= 4 is 50.7 Å². The molecule has 5 nitrogen and oxygen atoms in total. The van der Waals surface area contributed by atoms with Gasteiger partial charge in [0.1, 0.15) is 0 Å². The molecule has 0 radical (unpaired) electrons. The molecule has 8 heteroatoms. The van der Waals surface area contributed by atoms with Gasteiger partial charge < -0.3 is 9.72 Å². The van der Waals surface area contributed by atoms with Crippen LogP contribution in [0.25, 0.3) is 5.65 Å². The Labute approximate surface area is 150 Å². The second-order valence-corrected chi connectivity index (χ2v) is 6.63. The van der Waals surface area contributed by atoms with Crippen molar-refractivity contribution in [1.82, 2.24) is 19.7 Å². The number of carbonyl (C=O) groups excluding carboxylic acids is 1. The first-order valence-corrected chi connectivity index (χ1v) is 8.29. The molecule has 0 atom stereocenters. The Balaban J connectivity index is 1.65. The lowest BCUT2D eigenvalue weighted by molar-refractivity contribution is 0.0953. The van der Waals surface area contributed by atoms with Crippen LogP contribution in [-0.4, -0.2) is 26.8 Å². The van der Waals surface area contributed by atoms with E-state index in [1.807, 2.05) is 6.20 Å². The van der Waals surface area contributed by atoms with Crippen molar-refractivity contribution in [2.45, 2.75) is 6.42 Å². The van der Waals surface area contributed by atoms with E-state index < -0.39 is 0 Å². The highest BCUT2D eigenvalue weighted by molar-refractivity contribution is 9.10. The molecule has 0 saturated carbocycles.